The number of piperazine rings is 1. The first-order chi connectivity index (χ1) is 13.6. The van der Waals surface area contributed by atoms with E-state index in [4.69, 9.17) is 11.6 Å². The lowest BCUT2D eigenvalue weighted by Gasteiger charge is -2.34. The molecule has 28 heavy (non-hydrogen) atoms. The molecule has 0 unspecified atom stereocenters. The molecule has 0 bridgehead atoms. The molecule has 0 radical (unpaired) electrons. The van der Waals surface area contributed by atoms with E-state index in [-0.39, 0.29) is 11.8 Å². The highest BCUT2D eigenvalue weighted by molar-refractivity contribution is 6.31. The fourth-order valence-corrected chi connectivity index (χ4v) is 4.02. The van der Waals surface area contributed by atoms with Crippen LogP contribution in [0.15, 0.2) is 30.5 Å². The molecule has 0 spiro atoms. The molecule has 4 rings (SSSR count). The number of imidazole rings is 1. The minimum absolute atomic E-state index is 0.0486. The third-order valence-corrected chi connectivity index (χ3v) is 5.69. The number of likely N-dealkylation sites (tertiary alicyclic amines) is 1. The summed E-state index contributed by atoms with van der Waals surface area (Å²) in [5, 5.41) is 0.375. The van der Waals surface area contributed by atoms with Gasteiger partial charge >= 0.3 is 0 Å². The first-order valence-corrected chi connectivity index (χ1v) is 10.1. The standard InChI is InChI=1S/C20H24ClN5O2/c21-20-16(26-10-2-1-5-17(26)22-20)6-7-18(27)25-13-11-23(12-14-25)15-19(28)24-8-3-4-9-24/h1-2,5-7,10H,3-4,8-9,11-15H2/b7-6+. The van der Waals surface area contributed by atoms with E-state index in [1.807, 2.05) is 38.6 Å². The van der Waals surface area contributed by atoms with Crippen molar-refractivity contribution in [2.45, 2.75) is 12.8 Å². The van der Waals surface area contributed by atoms with Crippen LogP contribution in [-0.2, 0) is 9.59 Å². The largest absolute Gasteiger partial charge is 0.342 e. The van der Waals surface area contributed by atoms with Crippen LogP contribution in [0, 0.1) is 0 Å². The van der Waals surface area contributed by atoms with Gasteiger partial charge in [-0.05, 0) is 31.1 Å². The minimum atomic E-state index is -0.0486. The number of pyridine rings is 1. The number of aromatic nitrogens is 2. The van der Waals surface area contributed by atoms with Gasteiger partial charge in [0, 0.05) is 51.5 Å². The van der Waals surface area contributed by atoms with Gasteiger partial charge in [-0.25, -0.2) is 4.98 Å². The molecule has 148 valence electrons. The molecule has 0 saturated carbocycles. The van der Waals surface area contributed by atoms with Gasteiger partial charge in [-0.15, -0.1) is 0 Å². The summed E-state index contributed by atoms with van der Waals surface area (Å²) < 4.78 is 1.86. The molecule has 0 N–H and O–H groups in total. The van der Waals surface area contributed by atoms with Gasteiger partial charge in [0.25, 0.3) is 0 Å². The van der Waals surface area contributed by atoms with E-state index >= 15 is 0 Å². The van der Waals surface area contributed by atoms with Crippen LogP contribution in [0.4, 0.5) is 0 Å². The van der Waals surface area contributed by atoms with Crippen molar-refractivity contribution >= 4 is 35.1 Å². The fraction of sp³-hybridized carbons (Fsp3) is 0.450. The molecule has 0 atom stereocenters. The predicted molar refractivity (Wildman–Crippen MR) is 108 cm³/mol. The summed E-state index contributed by atoms with van der Waals surface area (Å²) in [6.07, 6.45) is 7.35. The Morgan fingerprint density at radius 3 is 2.54 bits per heavy atom. The third kappa shape index (κ3) is 4.05. The van der Waals surface area contributed by atoms with Crippen LogP contribution in [0.25, 0.3) is 11.7 Å². The maximum Gasteiger partial charge on any atom is 0.246 e. The van der Waals surface area contributed by atoms with Crippen LogP contribution in [0.2, 0.25) is 5.15 Å². The van der Waals surface area contributed by atoms with Crippen LogP contribution in [0.5, 0.6) is 0 Å². The van der Waals surface area contributed by atoms with Crippen molar-refractivity contribution in [2.75, 3.05) is 45.8 Å². The van der Waals surface area contributed by atoms with Gasteiger partial charge in [0.05, 0.1) is 12.2 Å². The van der Waals surface area contributed by atoms with E-state index in [2.05, 4.69) is 9.88 Å². The number of nitrogens with zero attached hydrogens (tertiary/aromatic N) is 5. The highest BCUT2D eigenvalue weighted by atomic mass is 35.5. The van der Waals surface area contributed by atoms with Crippen molar-refractivity contribution in [3.63, 3.8) is 0 Å². The third-order valence-electron chi connectivity index (χ3n) is 5.41. The van der Waals surface area contributed by atoms with Crippen molar-refractivity contribution in [3.05, 3.63) is 41.3 Å². The van der Waals surface area contributed by atoms with Gasteiger partial charge in [-0.1, -0.05) is 17.7 Å². The Morgan fingerprint density at radius 2 is 1.79 bits per heavy atom. The number of carbonyl (C=O) groups is 2. The summed E-state index contributed by atoms with van der Waals surface area (Å²) >= 11 is 6.21. The normalized spacial score (nSPS) is 18.5. The number of halogens is 1. The maximum absolute atomic E-state index is 12.6. The molecule has 2 amide bonds. The SMILES string of the molecule is O=C(/C=C/c1c(Cl)nc2ccccn12)N1CCN(CC(=O)N2CCCC2)CC1. The first-order valence-electron chi connectivity index (χ1n) is 9.71. The molecule has 8 heteroatoms. The Bertz CT molecular complexity index is 895. The van der Waals surface area contributed by atoms with Crippen LogP contribution in [0.3, 0.4) is 0 Å². The van der Waals surface area contributed by atoms with Crippen molar-refractivity contribution in [3.8, 4) is 0 Å². The highest BCUT2D eigenvalue weighted by Crippen LogP contribution is 2.19. The average molecular weight is 402 g/mol. The Balaban J connectivity index is 1.32. The zero-order valence-corrected chi connectivity index (χ0v) is 16.5. The second kappa shape index (κ2) is 8.32. The summed E-state index contributed by atoms with van der Waals surface area (Å²) in [7, 11) is 0. The van der Waals surface area contributed by atoms with Crippen LogP contribution >= 0.6 is 11.6 Å². The van der Waals surface area contributed by atoms with Crippen LogP contribution in [0.1, 0.15) is 18.5 Å². The number of amides is 2. The lowest BCUT2D eigenvalue weighted by atomic mass is 10.3. The Hall–Kier alpha value is -2.38. The van der Waals surface area contributed by atoms with E-state index < -0.39 is 0 Å². The zero-order valence-electron chi connectivity index (χ0n) is 15.8. The number of hydrogen-bond acceptors (Lipinski definition) is 4. The zero-order chi connectivity index (χ0) is 19.5. The Morgan fingerprint density at radius 1 is 1.04 bits per heavy atom. The Labute approximate surface area is 169 Å². The van der Waals surface area contributed by atoms with E-state index in [1.54, 1.807) is 12.2 Å². The lowest BCUT2D eigenvalue weighted by Crippen LogP contribution is -2.51. The summed E-state index contributed by atoms with van der Waals surface area (Å²) in [6.45, 7) is 4.90. The molecule has 2 aliphatic heterocycles. The molecule has 2 aliphatic rings. The van der Waals surface area contributed by atoms with E-state index in [0.29, 0.717) is 30.5 Å². The van der Waals surface area contributed by atoms with Crippen molar-refractivity contribution < 1.29 is 9.59 Å². The minimum Gasteiger partial charge on any atom is -0.342 e. The van der Waals surface area contributed by atoms with Crippen LogP contribution in [-0.4, -0.2) is 81.7 Å². The van der Waals surface area contributed by atoms with Gasteiger partial charge in [0.1, 0.15) is 5.65 Å². The fourth-order valence-electron chi connectivity index (χ4n) is 3.78. The topological polar surface area (TPSA) is 61.2 Å². The Kier molecular flexibility index (Phi) is 5.64. The van der Waals surface area contributed by atoms with Crippen molar-refractivity contribution in [1.82, 2.24) is 24.1 Å². The first kappa shape index (κ1) is 19.0. The molecule has 2 fully saturated rings. The number of rotatable bonds is 4. The molecular formula is C20H24ClN5O2. The molecule has 0 aliphatic carbocycles. The lowest BCUT2D eigenvalue weighted by molar-refractivity contribution is -0.132. The van der Waals surface area contributed by atoms with Gasteiger partial charge in [-0.2, -0.15) is 0 Å². The monoisotopic (exact) mass is 401 g/mol. The summed E-state index contributed by atoms with van der Waals surface area (Å²) in [5.74, 6) is 0.159. The van der Waals surface area contributed by atoms with E-state index in [9.17, 15) is 9.59 Å². The van der Waals surface area contributed by atoms with Crippen molar-refractivity contribution in [1.29, 1.82) is 0 Å². The quantitative estimate of drug-likeness (QED) is 0.732. The van der Waals surface area contributed by atoms with Crippen LogP contribution < -0.4 is 0 Å². The van der Waals surface area contributed by atoms with Gasteiger partial charge in [-0.3, -0.25) is 18.9 Å². The highest BCUT2D eigenvalue weighted by Gasteiger charge is 2.24. The molecular weight excluding hydrogens is 378 g/mol. The number of fused-ring (bicyclic) bond motifs is 1. The van der Waals surface area contributed by atoms with E-state index in [0.717, 1.165) is 44.7 Å². The molecule has 2 aromatic rings. The average Bonchev–Trinajstić information content (AvgIpc) is 3.34. The molecule has 2 saturated heterocycles. The van der Waals surface area contributed by atoms with Gasteiger partial charge < -0.3 is 9.80 Å². The van der Waals surface area contributed by atoms with Gasteiger partial charge in [0.15, 0.2) is 5.15 Å². The second-order valence-electron chi connectivity index (χ2n) is 7.24. The van der Waals surface area contributed by atoms with Crippen molar-refractivity contribution in [2.24, 2.45) is 0 Å². The summed E-state index contributed by atoms with van der Waals surface area (Å²) in [4.78, 5) is 35.0. The van der Waals surface area contributed by atoms with E-state index in [1.165, 1.54) is 0 Å². The predicted octanol–water partition coefficient (Wildman–Crippen LogP) is 1.77. The number of carbonyl (C=O) groups excluding carboxylic acids is 2. The molecule has 0 aromatic carbocycles. The summed E-state index contributed by atoms with van der Waals surface area (Å²) in [5.41, 5.74) is 1.44. The second-order valence-corrected chi connectivity index (χ2v) is 7.60. The smallest absolute Gasteiger partial charge is 0.246 e. The molecule has 2 aromatic heterocycles. The maximum atomic E-state index is 12.6. The molecule has 4 heterocycles. The number of hydrogen-bond donors (Lipinski definition) is 0. The summed E-state index contributed by atoms with van der Waals surface area (Å²) in [6, 6.07) is 5.66. The molecule has 7 nitrogen and oxygen atoms in total. The van der Waals surface area contributed by atoms with Gasteiger partial charge in [0.2, 0.25) is 11.8 Å².